The van der Waals surface area contributed by atoms with Gasteiger partial charge in [-0.25, -0.2) is 9.97 Å². The first-order valence-corrected chi connectivity index (χ1v) is 10.5. The van der Waals surface area contributed by atoms with Crippen molar-refractivity contribution in [2.45, 2.75) is 44.5 Å². The van der Waals surface area contributed by atoms with Gasteiger partial charge in [0.05, 0.1) is 0 Å². The molecule has 0 saturated carbocycles. The maximum atomic E-state index is 12.2. The molecule has 0 aliphatic rings. The number of benzene rings is 1. The molecule has 2 rings (SSSR count). The van der Waals surface area contributed by atoms with Gasteiger partial charge in [0.1, 0.15) is 5.82 Å². The highest BCUT2D eigenvalue weighted by atomic mass is 32.2. The topological polar surface area (TPSA) is 49.3 Å². The van der Waals surface area contributed by atoms with Crippen molar-refractivity contribution < 1.29 is 4.79 Å². The lowest BCUT2D eigenvalue weighted by molar-refractivity contribution is 0.0802. The number of hydrogen-bond acceptors (Lipinski definition) is 5. The summed E-state index contributed by atoms with van der Waals surface area (Å²) < 4.78 is 0. The number of amides is 1. The molecule has 5 nitrogen and oxygen atoms in total. The minimum atomic E-state index is 0.0549. The quantitative estimate of drug-likeness (QED) is 0.476. The summed E-state index contributed by atoms with van der Waals surface area (Å²) in [6.07, 6.45) is 1.98. The minimum Gasteiger partial charge on any atom is -0.360 e. The number of carbonyl (C=O) groups excluding carboxylic acids is 1. The normalized spacial score (nSPS) is 10.7. The van der Waals surface area contributed by atoms with Crippen molar-refractivity contribution in [3.8, 4) is 0 Å². The third-order valence-corrected chi connectivity index (χ3v) is 5.37. The van der Waals surface area contributed by atoms with E-state index in [9.17, 15) is 4.79 Å². The standard InChI is InChI=1S/C21H30N4OS/c1-6-13-25(5)19-14-18(7-2)22-21(23-19)27-15-16-9-11-17(12-10-16)20(26)24(4)8-3/h9-12,14H,6-8,13,15H2,1-5H3. The van der Waals surface area contributed by atoms with E-state index in [0.717, 1.165) is 52.9 Å². The summed E-state index contributed by atoms with van der Waals surface area (Å²) in [5.41, 5.74) is 2.94. The average molecular weight is 387 g/mol. The predicted octanol–water partition coefficient (Wildman–Crippen LogP) is 4.27. The molecule has 2 aromatic rings. The van der Waals surface area contributed by atoms with Gasteiger partial charge in [-0.1, -0.05) is 37.7 Å². The number of rotatable bonds is 9. The SMILES string of the molecule is CCCN(C)c1cc(CC)nc(SCc2ccc(C(=O)N(C)CC)cc2)n1. The molecule has 1 aromatic carbocycles. The van der Waals surface area contributed by atoms with Crippen LogP contribution in [0.15, 0.2) is 35.5 Å². The summed E-state index contributed by atoms with van der Waals surface area (Å²) in [5.74, 6) is 1.82. The van der Waals surface area contributed by atoms with Crippen LogP contribution in [-0.2, 0) is 12.2 Å². The second-order valence-electron chi connectivity index (χ2n) is 6.58. The van der Waals surface area contributed by atoms with E-state index >= 15 is 0 Å². The third kappa shape index (κ3) is 5.96. The van der Waals surface area contributed by atoms with Crippen LogP contribution in [0.25, 0.3) is 0 Å². The molecule has 0 radical (unpaired) electrons. The lowest BCUT2D eigenvalue weighted by Crippen LogP contribution is -2.26. The van der Waals surface area contributed by atoms with E-state index in [4.69, 9.17) is 4.98 Å². The van der Waals surface area contributed by atoms with E-state index in [1.54, 1.807) is 16.7 Å². The van der Waals surface area contributed by atoms with Crippen LogP contribution in [0.4, 0.5) is 5.82 Å². The lowest BCUT2D eigenvalue weighted by Gasteiger charge is -2.18. The molecule has 1 aromatic heterocycles. The predicted molar refractivity (Wildman–Crippen MR) is 114 cm³/mol. The van der Waals surface area contributed by atoms with E-state index in [-0.39, 0.29) is 5.91 Å². The molecule has 0 aliphatic carbocycles. The van der Waals surface area contributed by atoms with E-state index in [1.165, 1.54) is 0 Å². The van der Waals surface area contributed by atoms with Crippen molar-refractivity contribution in [3.05, 3.63) is 47.2 Å². The van der Waals surface area contributed by atoms with Crippen LogP contribution in [0.3, 0.4) is 0 Å². The van der Waals surface area contributed by atoms with Crippen LogP contribution in [0.2, 0.25) is 0 Å². The zero-order valence-corrected chi connectivity index (χ0v) is 17.8. The summed E-state index contributed by atoms with van der Waals surface area (Å²) in [5, 5.41) is 0.804. The molecular weight excluding hydrogens is 356 g/mol. The summed E-state index contributed by atoms with van der Waals surface area (Å²) >= 11 is 1.63. The number of hydrogen-bond donors (Lipinski definition) is 0. The van der Waals surface area contributed by atoms with Crippen LogP contribution < -0.4 is 4.90 Å². The molecule has 0 aliphatic heterocycles. The zero-order chi connectivity index (χ0) is 19.8. The van der Waals surface area contributed by atoms with Crippen LogP contribution in [-0.4, -0.2) is 48.0 Å². The highest BCUT2D eigenvalue weighted by Gasteiger charge is 2.11. The maximum Gasteiger partial charge on any atom is 0.253 e. The highest BCUT2D eigenvalue weighted by molar-refractivity contribution is 7.98. The van der Waals surface area contributed by atoms with E-state index in [2.05, 4.69) is 36.8 Å². The van der Waals surface area contributed by atoms with Gasteiger partial charge in [-0.2, -0.15) is 0 Å². The maximum absolute atomic E-state index is 12.2. The van der Waals surface area contributed by atoms with Crippen molar-refractivity contribution >= 4 is 23.5 Å². The average Bonchev–Trinajstić information content (AvgIpc) is 2.71. The fraction of sp³-hybridized carbons (Fsp3) is 0.476. The van der Waals surface area contributed by atoms with Gasteiger partial charge in [0.15, 0.2) is 5.16 Å². The molecule has 1 amide bonds. The van der Waals surface area contributed by atoms with Crippen LogP contribution >= 0.6 is 11.8 Å². The van der Waals surface area contributed by atoms with E-state index in [1.807, 2.05) is 38.2 Å². The molecule has 0 unspecified atom stereocenters. The Kier molecular flexibility index (Phi) is 8.10. The molecule has 6 heteroatoms. The summed E-state index contributed by atoms with van der Waals surface area (Å²) in [7, 11) is 3.89. The largest absolute Gasteiger partial charge is 0.360 e. The Bertz CT molecular complexity index is 748. The molecule has 0 spiro atoms. The molecule has 0 bridgehead atoms. The molecular formula is C21H30N4OS. The van der Waals surface area contributed by atoms with Gasteiger partial charge < -0.3 is 9.80 Å². The summed E-state index contributed by atoms with van der Waals surface area (Å²) in [6.45, 7) is 7.94. The molecule has 27 heavy (non-hydrogen) atoms. The van der Waals surface area contributed by atoms with Crippen LogP contribution in [0.1, 0.15) is 48.8 Å². The first kappa shape index (κ1) is 21.2. The molecule has 146 valence electrons. The van der Waals surface area contributed by atoms with Gasteiger partial charge in [0.25, 0.3) is 5.91 Å². The molecule has 0 atom stereocenters. The van der Waals surface area contributed by atoms with Gasteiger partial charge in [0.2, 0.25) is 0 Å². The smallest absolute Gasteiger partial charge is 0.253 e. The fourth-order valence-electron chi connectivity index (χ4n) is 2.61. The molecule has 0 N–H and O–H groups in total. The number of thioether (sulfide) groups is 1. The van der Waals surface area contributed by atoms with Gasteiger partial charge in [-0.15, -0.1) is 0 Å². The Morgan fingerprint density at radius 2 is 1.78 bits per heavy atom. The van der Waals surface area contributed by atoms with Gasteiger partial charge >= 0.3 is 0 Å². The highest BCUT2D eigenvalue weighted by Crippen LogP contribution is 2.23. The Labute approximate surface area is 167 Å². The van der Waals surface area contributed by atoms with Gasteiger partial charge in [-0.3, -0.25) is 4.79 Å². The van der Waals surface area contributed by atoms with Crippen molar-refractivity contribution in [1.29, 1.82) is 0 Å². The number of aromatic nitrogens is 2. The first-order chi connectivity index (χ1) is 13.0. The second kappa shape index (κ2) is 10.3. The Balaban J connectivity index is 2.07. The number of nitrogens with zero attached hydrogens (tertiary/aromatic N) is 4. The van der Waals surface area contributed by atoms with Gasteiger partial charge in [-0.05, 0) is 37.5 Å². The second-order valence-corrected chi connectivity index (χ2v) is 7.52. The van der Waals surface area contributed by atoms with E-state index < -0.39 is 0 Å². The number of aryl methyl sites for hydroxylation is 1. The van der Waals surface area contributed by atoms with Crippen LogP contribution in [0.5, 0.6) is 0 Å². The Hall–Kier alpha value is -2.08. The zero-order valence-electron chi connectivity index (χ0n) is 17.0. The van der Waals surface area contributed by atoms with Crippen molar-refractivity contribution in [1.82, 2.24) is 14.9 Å². The Morgan fingerprint density at radius 3 is 2.37 bits per heavy atom. The minimum absolute atomic E-state index is 0.0549. The Morgan fingerprint density at radius 1 is 1.07 bits per heavy atom. The lowest BCUT2D eigenvalue weighted by atomic mass is 10.1. The van der Waals surface area contributed by atoms with Crippen LogP contribution in [0, 0.1) is 0 Å². The van der Waals surface area contributed by atoms with E-state index in [0.29, 0.717) is 6.54 Å². The third-order valence-electron chi connectivity index (χ3n) is 4.45. The monoisotopic (exact) mass is 386 g/mol. The number of carbonyl (C=O) groups is 1. The molecule has 0 fully saturated rings. The van der Waals surface area contributed by atoms with Crippen molar-refractivity contribution in [2.75, 3.05) is 32.1 Å². The number of anilines is 1. The van der Waals surface area contributed by atoms with Gasteiger partial charge in [0, 0.05) is 50.3 Å². The fourth-order valence-corrected chi connectivity index (χ4v) is 3.43. The van der Waals surface area contributed by atoms with Crippen molar-refractivity contribution in [2.24, 2.45) is 0 Å². The molecule has 1 heterocycles. The first-order valence-electron chi connectivity index (χ1n) is 9.54. The van der Waals surface area contributed by atoms with Crippen molar-refractivity contribution in [3.63, 3.8) is 0 Å². The summed E-state index contributed by atoms with van der Waals surface area (Å²) in [6, 6.07) is 9.89. The summed E-state index contributed by atoms with van der Waals surface area (Å²) in [4.78, 5) is 25.4. The molecule has 0 saturated heterocycles.